The summed E-state index contributed by atoms with van der Waals surface area (Å²) < 4.78 is 39.6. The van der Waals surface area contributed by atoms with Gasteiger partial charge in [-0.2, -0.15) is 0 Å². The Kier molecular flexibility index (Phi) is 3.66. The number of carbonyl (C=O) groups excluding carboxylic acids is 1. The van der Waals surface area contributed by atoms with Crippen LogP contribution in [0.3, 0.4) is 0 Å². The SMILES string of the molecule is O=C(NC1CC1)c1ccnc(Nc2ccc(F)c(F)c2F)n1. The molecule has 3 rings (SSSR count). The second kappa shape index (κ2) is 5.63. The van der Waals surface area contributed by atoms with Gasteiger partial charge in [0.05, 0.1) is 5.69 Å². The van der Waals surface area contributed by atoms with Gasteiger partial charge in [-0.1, -0.05) is 0 Å². The third kappa shape index (κ3) is 3.00. The number of nitrogens with zero attached hydrogens (tertiary/aromatic N) is 2. The summed E-state index contributed by atoms with van der Waals surface area (Å²) in [5.74, 6) is -4.71. The van der Waals surface area contributed by atoms with E-state index in [1.54, 1.807) is 0 Å². The predicted molar refractivity (Wildman–Crippen MR) is 72.1 cm³/mol. The van der Waals surface area contributed by atoms with Gasteiger partial charge in [-0.25, -0.2) is 23.1 Å². The fourth-order valence-electron chi connectivity index (χ4n) is 1.78. The number of amides is 1. The molecule has 1 fully saturated rings. The fourth-order valence-corrected chi connectivity index (χ4v) is 1.78. The number of rotatable bonds is 4. The van der Waals surface area contributed by atoms with Crippen molar-refractivity contribution in [1.29, 1.82) is 0 Å². The van der Waals surface area contributed by atoms with Crippen molar-refractivity contribution in [3.63, 3.8) is 0 Å². The van der Waals surface area contributed by atoms with Crippen molar-refractivity contribution in [1.82, 2.24) is 15.3 Å². The van der Waals surface area contributed by atoms with Crippen LogP contribution < -0.4 is 10.6 Å². The molecule has 1 aliphatic rings. The van der Waals surface area contributed by atoms with Crippen LogP contribution in [0.5, 0.6) is 0 Å². The minimum atomic E-state index is -1.59. The second-order valence-electron chi connectivity index (χ2n) is 4.86. The maximum Gasteiger partial charge on any atom is 0.270 e. The van der Waals surface area contributed by atoms with Gasteiger partial charge in [0.1, 0.15) is 5.69 Å². The van der Waals surface area contributed by atoms with Gasteiger partial charge >= 0.3 is 0 Å². The van der Waals surface area contributed by atoms with Gasteiger partial charge < -0.3 is 10.6 Å². The number of nitrogens with one attached hydrogen (secondary N) is 2. The first-order valence-corrected chi connectivity index (χ1v) is 6.59. The van der Waals surface area contributed by atoms with Crippen LogP contribution in [0, 0.1) is 17.5 Å². The van der Waals surface area contributed by atoms with E-state index in [9.17, 15) is 18.0 Å². The fraction of sp³-hybridized carbons (Fsp3) is 0.214. The third-order valence-corrected chi connectivity index (χ3v) is 3.08. The Morgan fingerprint density at radius 2 is 1.91 bits per heavy atom. The van der Waals surface area contributed by atoms with Gasteiger partial charge in [-0.3, -0.25) is 4.79 Å². The summed E-state index contributed by atoms with van der Waals surface area (Å²) >= 11 is 0. The van der Waals surface area contributed by atoms with Crippen molar-refractivity contribution in [2.75, 3.05) is 5.32 Å². The first kappa shape index (κ1) is 14.3. The van der Waals surface area contributed by atoms with E-state index in [2.05, 4.69) is 20.6 Å². The Morgan fingerprint density at radius 1 is 1.14 bits per heavy atom. The molecular weight excluding hydrogens is 297 g/mol. The van der Waals surface area contributed by atoms with Gasteiger partial charge in [0.15, 0.2) is 17.5 Å². The molecule has 1 aromatic carbocycles. The molecule has 0 unspecified atom stereocenters. The summed E-state index contributed by atoms with van der Waals surface area (Å²) in [4.78, 5) is 19.6. The van der Waals surface area contributed by atoms with E-state index in [0.717, 1.165) is 25.0 Å². The van der Waals surface area contributed by atoms with Crippen LogP contribution in [0.1, 0.15) is 23.3 Å². The highest BCUT2D eigenvalue weighted by Gasteiger charge is 2.24. The van der Waals surface area contributed by atoms with Gasteiger partial charge in [0, 0.05) is 12.2 Å². The van der Waals surface area contributed by atoms with Crippen LogP contribution in [0.2, 0.25) is 0 Å². The van der Waals surface area contributed by atoms with E-state index in [1.807, 2.05) is 0 Å². The normalized spacial score (nSPS) is 13.8. The molecule has 5 nitrogen and oxygen atoms in total. The Hall–Kier alpha value is -2.64. The first-order valence-electron chi connectivity index (χ1n) is 6.59. The molecule has 8 heteroatoms. The molecule has 1 saturated carbocycles. The van der Waals surface area contributed by atoms with Crippen molar-refractivity contribution < 1.29 is 18.0 Å². The summed E-state index contributed by atoms with van der Waals surface area (Å²) in [5, 5.41) is 5.17. The van der Waals surface area contributed by atoms with Crippen molar-refractivity contribution in [3.05, 3.63) is 47.5 Å². The van der Waals surface area contributed by atoms with E-state index >= 15 is 0 Å². The highest BCUT2D eigenvalue weighted by molar-refractivity contribution is 5.92. The lowest BCUT2D eigenvalue weighted by atomic mass is 10.3. The van der Waals surface area contributed by atoms with Crippen LogP contribution in [-0.2, 0) is 0 Å². The van der Waals surface area contributed by atoms with Gasteiger partial charge in [0.2, 0.25) is 5.95 Å². The zero-order chi connectivity index (χ0) is 15.7. The molecule has 0 aliphatic heterocycles. The topological polar surface area (TPSA) is 66.9 Å². The van der Waals surface area contributed by atoms with Crippen molar-refractivity contribution in [3.8, 4) is 0 Å². The molecule has 2 aromatic rings. The molecule has 0 spiro atoms. The van der Waals surface area contributed by atoms with E-state index in [0.29, 0.717) is 0 Å². The average Bonchev–Trinajstić information content (AvgIpc) is 3.32. The third-order valence-electron chi connectivity index (χ3n) is 3.08. The molecule has 1 aromatic heterocycles. The van der Waals surface area contributed by atoms with Crippen molar-refractivity contribution in [2.24, 2.45) is 0 Å². The summed E-state index contributed by atoms with van der Waals surface area (Å²) in [5.41, 5.74) is -0.217. The van der Waals surface area contributed by atoms with E-state index in [-0.39, 0.29) is 29.3 Å². The molecule has 0 saturated heterocycles. The van der Waals surface area contributed by atoms with E-state index < -0.39 is 17.5 Å². The molecule has 0 atom stereocenters. The zero-order valence-electron chi connectivity index (χ0n) is 11.2. The number of halogens is 3. The Labute approximate surface area is 123 Å². The van der Waals surface area contributed by atoms with Crippen LogP contribution in [0.15, 0.2) is 24.4 Å². The molecule has 0 bridgehead atoms. The maximum atomic E-state index is 13.6. The molecular formula is C14H11F3N4O. The summed E-state index contributed by atoms with van der Waals surface area (Å²) in [6.45, 7) is 0. The smallest absolute Gasteiger partial charge is 0.270 e. The van der Waals surface area contributed by atoms with Crippen LogP contribution in [0.25, 0.3) is 0 Å². The second-order valence-corrected chi connectivity index (χ2v) is 4.86. The molecule has 0 radical (unpaired) electrons. The summed E-state index contributed by atoms with van der Waals surface area (Å²) in [6.07, 6.45) is 3.18. The largest absolute Gasteiger partial charge is 0.348 e. The highest BCUT2D eigenvalue weighted by Crippen LogP contribution is 2.22. The highest BCUT2D eigenvalue weighted by atomic mass is 19.2. The van der Waals surface area contributed by atoms with E-state index in [1.165, 1.54) is 12.3 Å². The lowest BCUT2D eigenvalue weighted by Gasteiger charge is -2.08. The standard InChI is InChI=1S/C14H11F3N4O/c15-8-3-4-9(12(17)11(8)16)20-14-18-6-5-10(21-14)13(22)19-7-1-2-7/h3-7H,1-2H2,(H,19,22)(H,18,20,21). The number of benzene rings is 1. The quantitative estimate of drug-likeness (QED) is 0.852. The minimum absolute atomic E-state index is 0.0895. The Morgan fingerprint density at radius 3 is 2.64 bits per heavy atom. The van der Waals surface area contributed by atoms with Crippen molar-refractivity contribution in [2.45, 2.75) is 18.9 Å². The van der Waals surface area contributed by atoms with Crippen LogP contribution in [-0.4, -0.2) is 21.9 Å². The predicted octanol–water partition coefficient (Wildman–Crippen LogP) is 2.53. The van der Waals surface area contributed by atoms with Crippen LogP contribution >= 0.6 is 0 Å². The Balaban J connectivity index is 1.80. The van der Waals surface area contributed by atoms with Gasteiger partial charge in [-0.15, -0.1) is 0 Å². The maximum absolute atomic E-state index is 13.6. The van der Waals surface area contributed by atoms with Gasteiger partial charge in [-0.05, 0) is 31.0 Å². The molecule has 22 heavy (non-hydrogen) atoms. The lowest BCUT2D eigenvalue weighted by molar-refractivity contribution is 0.0946. The van der Waals surface area contributed by atoms with Crippen LogP contribution in [0.4, 0.5) is 24.8 Å². The lowest BCUT2D eigenvalue weighted by Crippen LogP contribution is -2.26. The number of hydrogen-bond acceptors (Lipinski definition) is 4. The van der Waals surface area contributed by atoms with E-state index in [4.69, 9.17) is 0 Å². The molecule has 1 heterocycles. The number of hydrogen-bond donors (Lipinski definition) is 2. The first-order chi connectivity index (χ1) is 10.5. The number of carbonyl (C=O) groups is 1. The summed E-state index contributed by atoms with van der Waals surface area (Å²) in [7, 11) is 0. The molecule has 1 amide bonds. The average molecular weight is 308 g/mol. The molecule has 2 N–H and O–H groups in total. The zero-order valence-corrected chi connectivity index (χ0v) is 11.2. The number of aromatic nitrogens is 2. The monoisotopic (exact) mass is 308 g/mol. The molecule has 1 aliphatic carbocycles. The number of anilines is 2. The van der Waals surface area contributed by atoms with Crippen molar-refractivity contribution >= 4 is 17.5 Å². The summed E-state index contributed by atoms with van der Waals surface area (Å²) in [6, 6.07) is 3.38. The minimum Gasteiger partial charge on any atom is -0.348 e. The Bertz CT molecular complexity index is 734. The van der Waals surface area contributed by atoms with Gasteiger partial charge in [0.25, 0.3) is 5.91 Å². The molecule has 114 valence electrons.